The summed E-state index contributed by atoms with van der Waals surface area (Å²) in [6.45, 7) is 3.34. The maximum absolute atomic E-state index is 11.1. The zero-order valence-corrected chi connectivity index (χ0v) is 9.77. The first-order valence-corrected chi connectivity index (χ1v) is 5.41. The molecule has 1 aromatic heterocycles. The van der Waals surface area contributed by atoms with E-state index in [2.05, 4.69) is 15.0 Å². The molecule has 4 nitrogen and oxygen atoms in total. The molecule has 0 saturated carbocycles. The van der Waals surface area contributed by atoms with Crippen LogP contribution in [0.4, 0.5) is 0 Å². The van der Waals surface area contributed by atoms with Crippen molar-refractivity contribution in [2.24, 2.45) is 5.92 Å². The molecule has 1 N–H and O–H groups in total. The van der Waals surface area contributed by atoms with Crippen LogP contribution >= 0.6 is 0 Å². The van der Waals surface area contributed by atoms with Crippen molar-refractivity contribution in [2.75, 3.05) is 20.2 Å². The highest BCUT2D eigenvalue weighted by Gasteiger charge is 2.11. The van der Waals surface area contributed by atoms with Crippen molar-refractivity contribution in [1.82, 2.24) is 10.3 Å². The van der Waals surface area contributed by atoms with Crippen LogP contribution in [0, 0.1) is 5.92 Å². The van der Waals surface area contributed by atoms with E-state index >= 15 is 0 Å². The van der Waals surface area contributed by atoms with Gasteiger partial charge < -0.3 is 10.1 Å². The Kier molecular flexibility index (Phi) is 5.50. The number of pyridine rings is 1. The molecule has 88 valence electrons. The number of carbonyl (C=O) groups excluding carboxylic acids is 1. The van der Waals surface area contributed by atoms with E-state index in [1.165, 1.54) is 12.7 Å². The predicted molar refractivity (Wildman–Crippen MR) is 62.0 cm³/mol. The van der Waals surface area contributed by atoms with Gasteiger partial charge in [-0.25, -0.2) is 0 Å². The van der Waals surface area contributed by atoms with Crippen LogP contribution in [0.3, 0.4) is 0 Å². The smallest absolute Gasteiger partial charge is 0.309 e. The quantitative estimate of drug-likeness (QED) is 0.577. The number of aromatic nitrogens is 1. The third-order valence-corrected chi connectivity index (χ3v) is 2.37. The minimum absolute atomic E-state index is 0.0982. The average Bonchev–Trinajstić information content (AvgIpc) is 2.34. The van der Waals surface area contributed by atoms with Crippen LogP contribution < -0.4 is 5.32 Å². The Bertz CT molecular complexity index is 314. The predicted octanol–water partition coefficient (Wildman–Crippen LogP) is 1.02. The fourth-order valence-corrected chi connectivity index (χ4v) is 1.38. The van der Waals surface area contributed by atoms with Crippen molar-refractivity contribution in [3.8, 4) is 0 Å². The van der Waals surface area contributed by atoms with Crippen LogP contribution in [0.1, 0.15) is 12.5 Å². The van der Waals surface area contributed by atoms with Gasteiger partial charge in [-0.05, 0) is 24.6 Å². The minimum atomic E-state index is -0.172. The van der Waals surface area contributed by atoms with Crippen LogP contribution in [-0.4, -0.2) is 31.2 Å². The molecular weight excluding hydrogens is 204 g/mol. The average molecular weight is 222 g/mol. The summed E-state index contributed by atoms with van der Waals surface area (Å²) in [6, 6.07) is 3.96. The monoisotopic (exact) mass is 222 g/mol. The zero-order valence-electron chi connectivity index (χ0n) is 9.77. The normalized spacial score (nSPS) is 12.1. The third-order valence-electron chi connectivity index (χ3n) is 2.37. The molecule has 0 aromatic carbocycles. The van der Waals surface area contributed by atoms with E-state index in [1.54, 1.807) is 6.20 Å². The first kappa shape index (κ1) is 12.6. The molecule has 0 bridgehead atoms. The molecule has 4 heteroatoms. The maximum Gasteiger partial charge on any atom is 0.309 e. The van der Waals surface area contributed by atoms with Gasteiger partial charge >= 0.3 is 5.97 Å². The molecule has 0 saturated heterocycles. The molecule has 0 spiro atoms. The van der Waals surface area contributed by atoms with Crippen LogP contribution in [0.5, 0.6) is 0 Å². The minimum Gasteiger partial charge on any atom is -0.469 e. The number of esters is 1. The zero-order chi connectivity index (χ0) is 11.8. The van der Waals surface area contributed by atoms with Crippen molar-refractivity contribution in [1.29, 1.82) is 0 Å². The van der Waals surface area contributed by atoms with Gasteiger partial charge in [-0.3, -0.25) is 9.78 Å². The van der Waals surface area contributed by atoms with Gasteiger partial charge in [0.15, 0.2) is 0 Å². The Balaban J connectivity index is 2.15. The van der Waals surface area contributed by atoms with Crippen molar-refractivity contribution >= 4 is 5.97 Å². The summed E-state index contributed by atoms with van der Waals surface area (Å²) in [5.41, 5.74) is 1.20. The number of nitrogens with one attached hydrogen (secondary N) is 1. The Morgan fingerprint density at radius 2 is 2.44 bits per heavy atom. The second kappa shape index (κ2) is 6.95. The van der Waals surface area contributed by atoms with E-state index < -0.39 is 0 Å². The standard InChI is InChI=1S/C12H18N2O2/c1-10(12(15)16-2)8-14-7-5-11-4-3-6-13-9-11/h3-4,6,9-10,14H,5,7-8H2,1-2H3. The van der Waals surface area contributed by atoms with E-state index in [9.17, 15) is 4.79 Å². The number of hydrogen-bond acceptors (Lipinski definition) is 4. The lowest BCUT2D eigenvalue weighted by atomic mass is 10.1. The number of carbonyl (C=O) groups is 1. The van der Waals surface area contributed by atoms with Crippen molar-refractivity contribution < 1.29 is 9.53 Å². The van der Waals surface area contributed by atoms with E-state index in [1.807, 2.05) is 25.3 Å². The highest BCUT2D eigenvalue weighted by Crippen LogP contribution is 1.97. The molecule has 1 aromatic rings. The van der Waals surface area contributed by atoms with Gasteiger partial charge in [-0.15, -0.1) is 0 Å². The Morgan fingerprint density at radius 3 is 3.06 bits per heavy atom. The fourth-order valence-electron chi connectivity index (χ4n) is 1.38. The van der Waals surface area contributed by atoms with Gasteiger partial charge in [0, 0.05) is 18.9 Å². The Morgan fingerprint density at radius 1 is 1.62 bits per heavy atom. The van der Waals surface area contributed by atoms with E-state index in [-0.39, 0.29) is 11.9 Å². The van der Waals surface area contributed by atoms with E-state index in [0.29, 0.717) is 6.54 Å². The fraction of sp³-hybridized carbons (Fsp3) is 0.500. The highest BCUT2D eigenvalue weighted by molar-refractivity contribution is 5.71. The molecule has 0 fully saturated rings. The van der Waals surface area contributed by atoms with Crippen LogP contribution in [0.2, 0.25) is 0 Å². The summed E-state index contributed by atoms with van der Waals surface area (Å²) in [7, 11) is 1.41. The third kappa shape index (κ3) is 4.40. The number of hydrogen-bond donors (Lipinski definition) is 1. The lowest BCUT2D eigenvalue weighted by Crippen LogP contribution is -2.28. The molecule has 1 atom stereocenters. The van der Waals surface area contributed by atoms with E-state index in [4.69, 9.17) is 0 Å². The molecule has 0 aliphatic carbocycles. The Labute approximate surface area is 96.0 Å². The molecule has 1 heterocycles. The topological polar surface area (TPSA) is 51.2 Å². The summed E-state index contributed by atoms with van der Waals surface area (Å²) in [5.74, 6) is -0.271. The van der Waals surface area contributed by atoms with Crippen molar-refractivity contribution in [3.05, 3.63) is 30.1 Å². The van der Waals surface area contributed by atoms with Crippen LogP contribution in [-0.2, 0) is 16.0 Å². The molecule has 0 aliphatic rings. The van der Waals surface area contributed by atoms with Gasteiger partial charge in [0.05, 0.1) is 13.0 Å². The van der Waals surface area contributed by atoms with E-state index in [0.717, 1.165) is 13.0 Å². The summed E-state index contributed by atoms with van der Waals surface area (Å²) in [6.07, 6.45) is 4.53. The number of nitrogens with zero attached hydrogens (tertiary/aromatic N) is 1. The number of ether oxygens (including phenoxy) is 1. The molecular formula is C12H18N2O2. The van der Waals surface area contributed by atoms with Gasteiger partial charge in [-0.2, -0.15) is 0 Å². The van der Waals surface area contributed by atoms with Crippen LogP contribution in [0.25, 0.3) is 0 Å². The lowest BCUT2D eigenvalue weighted by Gasteiger charge is -2.10. The first-order chi connectivity index (χ1) is 7.74. The molecule has 1 unspecified atom stereocenters. The SMILES string of the molecule is COC(=O)C(C)CNCCc1cccnc1. The Hall–Kier alpha value is -1.42. The number of rotatable bonds is 6. The summed E-state index contributed by atoms with van der Waals surface area (Å²) in [4.78, 5) is 15.1. The summed E-state index contributed by atoms with van der Waals surface area (Å²) in [5, 5.41) is 3.22. The largest absolute Gasteiger partial charge is 0.469 e. The summed E-state index contributed by atoms with van der Waals surface area (Å²) >= 11 is 0. The molecule has 0 amide bonds. The first-order valence-electron chi connectivity index (χ1n) is 5.41. The molecule has 1 rings (SSSR count). The van der Waals surface area contributed by atoms with Gasteiger partial charge in [0.25, 0.3) is 0 Å². The van der Waals surface area contributed by atoms with Crippen LogP contribution in [0.15, 0.2) is 24.5 Å². The summed E-state index contributed by atoms with van der Waals surface area (Å²) < 4.78 is 4.64. The van der Waals surface area contributed by atoms with Crippen molar-refractivity contribution in [3.63, 3.8) is 0 Å². The molecule has 16 heavy (non-hydrogen) atoms. The highest BCUT2D eigenvalue weighted by atomic mass is 16.5. The second-order valence-corrected chi connectivity index (χ2v) is 3.74. The number of methoxy groups -OCH3 is 1. The molecule has 0 aliphatic heterocycles. The lowest BCUT2D eigenvalue weighted by molar-refractivity contribution is -0.144. The van der Waals surface area contributed by atoms with Crippen molar-refractivity contribution in [2.45, 2.75) is 13.3 Å². The maximum atomic E-state index is 11.1. The second-order valence-electron chi connectivity index (χ2n) is 3.74. The van der Waals surface area contributed by atoms with Gasteiger partial charge in [0.2, 0.25) is 0 Å². The molecule has 0 radical (unpaired) electrons. The van der Waals surface area contributed by atoms with Gasteiger partial charge in [-0.1, -0.05) is 13.0 Å². The van der Waals surface area contributed by atoms with Gasteiger partial charge in [0.1, 0.15) is 0 Å².